The zero-order chi connectivity index (χ0) is 15.0. The molecular formula is C17H30N2O. The molecule has 1 rings (SSSR count). The van der Waals surface area contributed by atoms with Gasteiger partial charge < -0.3 is 10.1 Å². The van der Waals surface area contributed by atoms with Gasteiger partial charge in [0.15, 0.2) is 0 Å². The van der Waals surface area contributed by atoms with Gasteiger partial charge in [-0.2, -0.15) is 0 Å². The van der Waals surface area contributed by atoms with Crippen molar-refractivity contribution in [2.75, 3.05) is 13.2 Å². The highest BCUT2D eigenvalue weighted by Crippen LogP contribution is 2.18. The molecule has 0 saturated carbocycles. The Morgan fingerprint density at radius 3 is 2.55 bits per heavy atom. The number of nitrogens with one attached hydrogen (secondary N) is 1. The molecule has 0 radical (unpaired) electrons. The lowest BCUT2D eigenvalue weighted by atomic mass is 9.93. The van der Waals surface area contributed by atoms with Gasteiger partial charge in [-0.15, -0.1) is 0 Å². The summed E-state index contributed by atoms with van der Waals surface area (Å²) in [5.41, 5.74) is 2.56. The minimum absolute atomic E-state index is 0.333. The van der Waals surface area contributed by atoms with Crippen LogP contribution in [0.15, 0.2) is 18.3 Å². The maximum atomic E-state index is 5.67. The fraction of sp³-hybridized carbons (Fsp3) is 0.706. The molecule has 0 saturated heterocycles. The lowest BCUT2D eigenvalue weighted by molar-refractivity contribution is 0.0941. The van der Waals surface area contributed by atoms with Crippen molar-refractivity contribution in [1.29, 1.82) is 0 Å². The third kappa shape index (κ3) is 8.28. The van der Waals surface area contributed by atoms with Gasteiger partial charge in [0.1, 0.15) is 0 Å². The molecule has 1 aromatic rings. The Bertz CT molecular complexity index is 366. The van der Waals surface area contributed by atoms with Crippen LogP contribution in [-0.2, 0) is 17.9 Å². The third-order valence-corrected chi connectivity index (χ3v) is 3.01. The van der Waals surface area contributed by atoms with E-state index in [1.807, 2.05) is 6.20 Å². The topological polar surface area (TPSA) is 34.1 Å². The standard InChI is InChI=1S/C17H30N2O/c1-14(2)10-18-11-15-6-7-16(19-12-15)13-20-9-8-17(3,4)5/h6-7,12,14,18H,8-11,13H2,1-5H3. The summed E-state index contributed by atoms with van der Waals surface area (Å²) in [6, 6.07) is 4.19. The Hall–Kier alpha value is -0.930. The van der Waals surface area contributed by atoms with E-state index in [0.29, 0.717) is 17.9 Å². The van der Waals surface area contributed by atoms with E-state index in [-0.39, 0.29) is 0 Å². The van der Waals surface area contributed by atoms with Crippen LogP contribution in [0, 0.1) is 11.3 Å². The van der Waals surface area contributed by atoms with E-state index in [1.54, 1.807) is 0 Å². The molecule has 0 fully saturated rings. The van der Waals surface area contributed by atoms with E-state index in [0.717, 1.165) is 31.8 Å². The molecule has 114 valence electrons. The second kappa shape index (κ2) is 8.38. The smallest absolute Gasteiger partial charge is 0.0887 e. The van der Waals surface area contributed by atoms with E-state index < -0.39 is 0 Å². The summed E-state index contributed by atoms with van der Waals surface area (Å²) < 4.78 is 5.67. The Morgan fingerprint density at radius 2 is 2.00 bits per heavy atom. The quantitative estimate of drug-likeness (QED) is 0.735. The third-order valence-electron chi connectivity index (χ3n) is 3.01. The lowest BCUT2D eigenvalue weighted by Crippen LogP contribution is -2.19. The summed E-state index contributed by atoms with van der Waals surface area (Å²) in [6.45, 7) is 14.4. The fourth-order valence-electron chi connectivity index (χ4n) is 1.71. The molecule has 0 unspecified atom stereocenters. The van der Waals surface area contributed by atoms with Crippen LogP contribution in [0.1, 0.15) is 52.3 Å². The number of nitrogens with zero attached hydrogens (tertiary/aromatic N) is 1. The first-order valence-corrected chi connectivity index (χ1v) is 7.59. The van der Waals surface area contributed by atoms with E-state index in [2.05, 4.69) is 57.1 Å². The Balaban J connectivity index is 2.25. The van der Waals surface area contributed by atoms with Crippen LogP contribution in [0.4, 0.5) is 0 Å². The summed E-state index contributed by atoms with van der Waals surface area (Å²) in [6.07, 6.45) is 3.01. The van der Waals surface area contributed by atoms with E-state index >= 15 is 0 Å². The van der Waals surface area contributed by atoms with Gasteiger partial charge in [0.2, 0.25) is 0 Å². The molecule has 3 heteroatoms. The van der Waals surface area contributed by atoms with Crippen LogP contribution in [-0.4, -0.2) is 18.1 Å². The molecule has 1 aromatic heterocycles. The second-order valence-electron chi connectivity index (χ2n) is 7.05. The van der Waals surface area contributed by atoms with Crippen molar-refractivity contribution in [3.63, 3.8) is 0 Å². The zero-order valence-electron chi connectivity index (χ0n) is 13.7. The lowest BCUT2D eigenvalue weighted by Gasteiger charge is -2.17. The number of hydrogen-bond acceptors (Lipinski definition) is 3. The molecule has 0 bridgehead atoms. The Morgan fingerprint density at radius 1 is 1.25 bits per heavy atom. The van der Waals surface area contributed by atoms with Crippen molar-refractivity contribution < 1.29 is 4.74 Å². The molecule has 1 heterocycles. The minimum atomic E-state index is 0.333. The number of aromatic nitrogens is 1. The van der Waals surface area contributed by atoms with Crippen LogP contribution in [0.25, 0.3) is 0 Å². The van der Waals surface area contributed by atoms with Gasteiger partial charge in [-0.25, -0.2) is 0 Å². The Labute approximate surface area is 124 Å². The number of pyridine rings is 1. The molecule has 0 aliphatic heterocycles. The van der Waals surface area contributed by atoms with Crippen molar-refractivity contribution in [2.24, 2.45) is 11.3 Å². The molecule has 0 spiro atoms. The molecule has 0 amide bonds. The van der Waals surface area contributed by atoms with Gasteiger partial charge in [0.25, 0.3) is 0 Å². The number of ether oxygens (including phenoxy) is 1. The molecule has 20 heavy (non-hydrogen) atoms. The predicted molar refractivity (Wildman–Crippen MR) is 84.5 cm³/mol. The minimum Gasteiger partial charge on any atom is -0.375 e. The van der Waals surface area contributed by atoms with Crippen LogP contribution in [0.5, 0.6) is 0 Å². The van der Waals surface area contributed by atoms with Gasteiger partial charge in [-0.3, -0.25) is 4.98 Å². The van der Waals surface area contributed by atoms with Gasteiger partial charge in [0.05, 0.1) is 12.3 Å². The van der Waals surface area contributed by atoms with Crippen molar-refractivity contribution in [3.05, 3.63) is 29.6 Å². The van der Waals surface area contributed by atoms with Crippen molar-refractivity contribution in [2.45, 2.75) is 54.2 Å². The first-order chi connectivity index (χ1) is 9.37. The molecule has 0 aliphatic rings. The van der Waals surface area contributed by atoms with E-state index in [1.165, 1.54) is 5.56 Å². The van der Waals surface area contributed by atoms with E-state index in [4.69, 9.17) is 4.74 Å². The molecule has 0 aliphatic carbocycles. The molecule has 3 nitrogen and oxygen atoms in total. The fourth-order valence-corrected chi connectivity index (χ4v) is 1.71. The van der Waals surface area contributed by atoms with Crippen LogP contribution < -0.4 is 5.32 Å². The van der Waals surface area contributed by atoms with E-state index in [9.17, 15) is 0 Å². The maximum Gasteiger partial charge on any atom is 0.0887 e. The highest BCUT2D eigenvalue weighted by Gasteiger charge is 2.09. The summed E-state index contributed by atoms with van der Waals surface area (Å²) in [7, 11) is 0. The highest BCUT2D eigenvalue weighted by atomic mass is 16.5. The summed E-state index contributed by atoms with van der Waals surface area (Å²) in [5, 5.41) is 3.42. The average molecular weight is 278 g/mol. The van der Waals surface area contributed by atoms with Crippen molar-refractivity contribution >= 4 is 0 Å². The number of hydrogen-bond donors (Lipinski definition) is 1. The van der Waals surface area contributed by atoms with Gasteiger partial charge in [-0.1, -0.05) is 40.7 Å². The van der Waals surface area contributed by atoms with Crippen LogP contribution >= 0.6 is 0 Å². The average Bonchev–Trinajstić information content (AvgIpc) is 2.35. The summed E-state index contributed by atoms with van der Waals surface area (Å²) in [5.74, 6) is 0.679. The maximum absolute atomic E-state index is 5.67. The van der Waals surface area contributed by atoms with Crippen LogP contribution in [0.2, 0.25) is 0 Å². The largest absolute Gasteiger partial charge is 0.375 e. The summed E-state index contributed by atoms with van der Waals surface area (Å²) in [4.78, 5) is 4.45. The summed E-state index contributed by atoms with van der Waals surface area (Å²) >= 11 is 0. The molecular weight excluding hydrogens is 248 g/mol. The molecule has 0 aromatic carbocycles. The SMILES string of the molecule is CC(C)CNCc1ccc(COCCC(C)(C)C)nc1. The second-order valence-corrected chi connectivity index (χ2v) is 7.05. The zero-order valence-corrected chi connectivity index (χ0v) is 13.7. The van der Waals surface area contributed by atoms with Crippen LogP contribution in [0.3, 0.4) is 0 Å². The monoisotopic (exact) mass is 278 g/mol. The predicted octanol–water partition coefficient (Wildman–Crippen LogP) is 3.78. The van der Waals surface area contributed by atoms with Gasteiger partial charge in [-0.05, 0) is 35.9 Å². The van der Waals surface area contributed by atoms with Crippen molar-refractivity contribution in [1.82, 2.24) is 10.3 Å². The first kappa shape index (κ1) is 17.1. The first-order valence-electron chi connectivity index (χ1n) is 7.59. The highest BCUT2D eigenvalue weighted by molar-refractivity contribution is 5.13. The molecule has 1 N–H and O–H groups in total. The van der Waals surface area contributed by atoms with Gasteiger partial charge >= 0.3 is 0 Å². The normalized spacial score (nSPS) is 12.1. The molecule has 0 atom stereocenters. The van der Waals surface area contributed by atoms with Crippen molar-refractivity contribution in [3.8, 4) is 0 Å². The number of rotatable bonds is 8. The van der Waals surface area contributed by atoms with Gasteiger partial charge in [0, 0.05) is 19.3 Å². The Kier molecular flexibility index (Phi) is 7.17.